The molecule has 1 aromatic heterocycles. The first-order chi connectivity index (χ1) is 9.56. The Labute approximate surface area is 119 Å². The van der Waals surface area contributed by atoms with Crippen LogP contribution in [0.15, 0.2) is 16.9 Å². The topological polar surface area (TPSA) is 45.8 Å². The first-order valence-corrected chi connectivity index (χ1v) is 7.16. The third-order valence-corrected chi connectivity index (χ3v) is 4.17. The summed E-state index contributed by atoms with van der Waals surface area (Å²) >= 11 is 1.66. The van der Waals surface area contributed by atoms with E-state index in [4.69, 9.17) is 7.85 Å². The zero-order valence-electron chi connectivity index (χ0n) is 10.4. The monoisotopic (exact) mass is 290 g/mol. The average molecular weight is 290 g/mol. The van der Waals surface area contributed by atoms with Gasteiger partial charge in [0.2, 0.25) is 0 Å². The number of H-pyrrole nitrogens is 1. The predicted octanol–water partition coefficient (Wildman–Crippen LogP) is 1.30. The van der Waals surface area contributed by atoms with E-state index >= 15 is 0 Å². The lowest BCUT2D eigenvalue weighted by Crippen LogP contribution is -2.22. The zero-order chi connectivity index (χ0) is 14.3. The van der Waals surface area contributed by atoms with Crippen molar-refractivity contribution in [2.45, 2.75) is 12.2 Å². The standard InChI is InChI=1S/C13H9BF2N2OS/c14-11-8(15)3-6(4-9(11)16)12-17-10-1-2-20-5-7(10)13(19)18-12/h3-4H,1-2,5H2,(H,17,18,19). The smallest absolute Gasteiger partial charge is 0.255 e. The second kappa shape index (κ2) is 5.05. The van der Waals surface area contributed by atoms with Gasteiger partial charge in [0, 0.05) is 16.9 Å². The number of nitrogens with one attached hydrogen (secondary N) is 1. The molecule has 1 aromatic carbocycles. The third-order valence-electron chi connectivity index (χ3n) is 3.18. The molecular formula is C13H9BF2N2OS. The van der Waals surface area contributed by atoms with Gasteiger partial charge in [-0.25, -0.2) is 13.8 Å². The van der Waals surface area contributed by atoms with Crippen molar-refractivity contribution in [2.24, 2.45) is 0 Å². The highest BCUT2D eigenvalue weighted by atomic mass is 32.2. The predicted molar refractivity (Wildman–Crippen MR) is 75.5 cm³/mol. The Hall–Kier alpha value is -1.63. The van der Waals surface area contributed by atoms with Gasteiger partial charge in [0.15, 0.2) is 0 Å². The van der Waals surface area contributed by atoms with Crippen molar-refractivity contribution in [3.05, 3.63) is 45.4 Å². The number of rotatable bonds is 1. The maximum atomic E-state index is 13.5. The lowest BCUT2D eigenvalue weighted by molar-refractivity contribution is 0.598. The number of benzene rings is 1. The molecule has 0 unspecified atom stereocenters. The fraction of sp³-hybridized carbons (Fsp3) is 0.231. The molecule has 100 valence electrons. The molecule has 0 saturated carbocycles. The van der Waals surface area contributed by atoms with Gasteiger partial charge in [-0.05, 0) is 29.8 Å². The van der Waals surface area contributed by atoms with Gasteiger partial charge in [0.25, 0.3) is 5.56 Å². The van der Waals surface area contributed by atoms with Crippen molar-refractivity contribution in [1.29, 1.82) is 0 Å². The molecule has 2 aromatic rings. The number of aromatic nitrogens is 2. The molecule has 3 nitrogen and oxygen atoms in total. The summed E-state index contributed by atoms with van der Waals surface area (Å²) in [5.41, 5.74) is 0.717. The fourth-order valence-electron chi connectivity index (χ4n) is 2.10. The average Bonchev–Trinajstić information content (AvgIpc) is 2.44. The summed E-state index contributed by atoms with van der Waals surface area (Å²) < 4.78 is 27.0. The lowest BCUT2D eigenvalue weighted by atomic mass is 9.93. The van der Waals surface area contributed by atoms with Crippen molar-refractivity contribution in [2.75, 3.05) is 5.75 Å². The van der Waals surface area contributed by atoms with E-state index in [0.29, 0.717) is 23.4 Å². The Kier molecular flexibility index (Phi) is 3.37. The first-order valence-electron chi connectivity index (χ1n) is 6.01. The number of hydrogen-bond donors (Lipinski definition) is 1. The van der Waals surface area contributed by atoms with Gasteiger partial charge in [-0.15, -0.1) is 0 Å². The van der Waals surface area contributed by atoms with Crippen molar-refractivity contribution in [3.63, 3.8) is 0 Å². The highest BCUT2D eigenvalue weighted by molar-refractivity contribution is 7.98. The molecule has 2 radical (unpaired) electrons. The van der Waals surface area contributed by atoms with Crippen LogP contribution in [0.2, 0.25) is 0 Å². The van der Waals surface area contributed by atoms with Gasteiger partial charge in [-0.2, -0.15) is 11.8 Å². The Bertz CT molecular complexity index is 725. The number of aryl methyl sites for hydroxylation is 1. The second-order valence-corrected chi connectivity index (χ2v) is 5.60. The number of hydrogen-bond acceptors (Lipinski definition) is 3. The van der Waals surface area contributed by atoms with E-state index in [1.807, 2.05) is 0 Å². The SMILES string of the molecule is [B]c1c(F)cc(-c2nc3c(c(=O)[nH]2)CSCC3)cc1F. The van der Waals surface area contributed by atoms with Crippen LogP contribution >= 0.6 is 11.8 Å². The molecule has 0 saturated heterocycles. The summed E-state index contributed by atoms with van der Waals surface area (Å²) in [4.78, 5) is 18.9. The molecule has 1 aliphatic heterocycles. The van der Waals surface area contributed by atoms with E-state index in [-0.39, 0.29) is 16.9 Å². The number of halogens is 2. The number of fused-ring (bicyclic) bond motifs is 1. The summed E-state index contributed by atoms with van der Waals surface area (Å²) in [6.45, 7) is 0. The Morgan fingerprint density at radius 2 is 2.00 bits per heavy atom. The van der Waals surface area contributed by atoms with Crippen LogP contribution in [0.5, 0.6) is 0 Å². The molecule has 7 heteroatoms. The normalized spacial score (nSPS) is 14.1. The summed E-state index contributed by atoms with van der Waals surface area (Å²) in [5.74, 6) is -0.0687. The molecule has 2 heterocycles. The van der Waals surface area contributed by atoms with E-state index in [1.165, 1.54) is 0 Å². The van der Waals surface area contributed by atoms with Crippen molar-refractivity contribution < 1.29 is 8.78 Å². The van der Waals surface area contributed by atoms with Gasteiger partial charge in [-0.3, -0.25) is 4.79 Å². The van der Waals surface area contributed by atoms with Crippen LogP contribution in [0.25, 0.3) is 11.4 Å². The minimum Gasteiger partial charge on any atom is -0.306 e. The van der Waals surface area contributed by atoms with Gasteiger partial charge in [0.05, 0.1) is 5.69 Å². The largest absolute Gasteiger partial charge is 0.306 e. The lowest BCUT2D eigenvalue weighted by Gasteiger charge is -2.14. The Balaban J connectivity index is 2.16. The minimum atomic E-state index is -0.865. The molecule has 0 fully saturated rings. The minimum absolute atomic E-state index is 0.165. The first kappa shape index (κ1) is 13.4. The molecule has 1 aliphatic rings. The van der Waals surface area contributed by atoms with Gasteiger partial charge in [-0.1, -0.05) is 0 Å². The number of nitrogens with zero attached hydrogens (tertiary/aromatic N) is 1. The molecule has 3 rings (SSSR count). The van der Waals surface area contributed by atoms with E-state index < -0.39 is 17.1 Å². The summed E-state index contributed by atoms with van der Waals surface area (Å²) in [6.07, 6.45) is 0.677. The molecule has 0 amide bonds. The van der Waals surface area contributed by atoms with Crippen molar-refractivity contribution in [3.8, 4) is 11.4 Å². The second-order valence-electron chi connectivity index (χ2n) is 4.50. The molecular weight excluding hydrogens is 281 g/mol. The Morgan fingerprint density at radius 3 is 2.70 bits per heavy atom. The van der Waals surface area contributed by atoms with Crippen LogP contribution in [-0.4, -0.2) is 23.6 Å². The van der Waals surface area contributed by atoms with Crippen molar-refractivity contribution >= 4 is 25.1 Å². The van der Waals surface area contributed by atoms with Gasteiger partial charge >= 0.3 is 0 Å². The zero-order valence-corrected chi connectivity index (χ0v) is 11.2. The fourth-order valence-corrected chi connectivity index (χ4v) is 3.08. The van der Waals surface area contributed by atoms with Gasteiger partial charge < -0.3 is 4.98 Å². The third kappa shape index (κ3) is 2.26. The van der Waals surface area contributed by atoms with E-state index in [1.54, 1.807) is 11.8 Å². The summed E-state index contributed by atoms with van der Waals surface area (Å²) in [5, 5.41) is 0. The molecule has 1 N–H and O–H groups in total. The molecule has 0 atom stereocenters. The maximum Gasteiger partial charge on any atom is 0.255 e. The van der Waals surface area contributed by atoms with Crippen molar-refractivity contribution in [1.82, 2.24) is 9.97 Å². The van der Waals surface area contributed by atoms with Crippen LogP contribution in [0, 0.1) is 11.6 Å². The van der Waals surface area contributed by atoms with Crippen LogP contribution in [0.1, 0.15) is 11.3 Å². The number of thioether (sulfide) groups is 1. The molecule has 0 spiro atoms. The van der Waals surface area contributed by atoms with Gasteiger partial charge in [0.1, 0.15) is 25.3 Å². The quantitative estimate of drug-likeness (QED) is 0.805. The highest BCUT2D eigenvalue weighted by Crippen LogP contribution is 2.23. The summed E-state index contributed by atoms with van der Waals surface area (Å²) in [6, 6.07) is 2.14. The van der Waals surface area contributed by atoms with Crippen LogP contribution in [0.4, 0.5) is 8.78 Å². The Morgan fingerprint density at radius 1 is 1.30 bits per heavy atom. The summed E-state index contributed by atoms with van der Waals surface area (Å²) in [7, 11) is 5.22. The molecule has 0 bridgehead atoms. The molecule has 0 aliphatic carbocycles. The van der Waals surface area contributed by atoms with E-state index in [2.05, 4.69) is 9.97 Å². The van der Waals surface area contributed by atoms with Crippen LogP contribution in [0.3, 0.4) is 0 Å². The van der Waals surface area contributed by atoms with Crippen LogP contribution < -0.4 is 11.0 Å². The maximum absolute atomic E-state index is 13.5. The van der Waals surface area contributed by atoms with E-state index in [0.717, 1.165) is 17.9 Å². The van der Waals surface area contributed by atoms with Crippen LogP contribution in [-0.2, 0) is 12.2 Å². The number of aromatic amines is 1. The highest BCUT2D eigenvalue weighted by Gasteiger charge is 2.17. The van der Waals surface area contributed by atoms with E-state index in [9.17, 15) is 13.6 Å². The molecule has 20 heavy (non-hydrogen) atoms.